The average molecular weight is 537 g/mol. The molecule has 2 amide bonds. The smallest absolute Gasteiger partial charge is 0.242 e. The maximum Gasteiger partial charge on any atom is 0.242 e. The molecule has 0 saturated heterocycles. The number of halogens is 1. The monoisotopic (exact) mass is 536 g/mol. The van der Waals surface area contributed by atoms with Crippen molar-refractivity contribution in [3.8, 4) is 0 Å². The first kappa shape index (κ1) is 25.6. The van der Waals surface area contributed by atoms with Crippen molar-refractivity contribution in [3.63, 3.8) is 0 Å². The number of carbonyl (C=O) groups excluding carboxylic acids is 2. The molecule has 6 heteroatoms. The highest BCUT2D eigenvalue weighted by Crippen LogP contribution is 2.37. The molecule has 0 saturated carbocycles. The zero-order valence-corrected chi connectivity index (χ0v) is 22.0. The van der Waals surface area contributed by atoms with E-state index in [9.17, 15) is 9.59 Å². The van der Waals surface area contributed by atoms with Crippen LogP contribution in [-0.2, 0) is 16.0 Å². The summed E-state index contributed by atoms with van der Waals surface area (Å²) in [4.78, 5) is 26.8. The van der Waals surface area contributed by atoms with Crippen LogP contribution in [-0.4, -0.2) is 11.8 Å². The van der Waals surface area contributed by atoms with Crippen LogP contribution in [0.4, 0.5) is 11.4 Å². The van der Waals surface area contributed by atoms with Gasteiger partial charge >= 0.3 is 0 Å². The van der Waals surface area contributed by atoms with Gasteiger partial charge in [0, 0.05) is 21.3 Å². The van der Waals surface area contributed by atoms with Gasteiger partial charge in [0.2, 0.25) is 11.8 Å². The van der Waals surface area contributed by atoms with E-state index in [1.807, 2.05) is 109 Å². The molecule has 0 heterocycles. The topological polar surface area (TPSA) is 58.2 Å². The maximum absolute atomic E-state index is 13.5. The standard InChI is InChI=1S/C32H25ClN2O2S/c33-26-13-10-22(11-14-26)20-30(36)34-27-16-18-29(19-17-27)38-31(24-7-2-1-3-8-24)32(37)35-28-15-12-23-6-4-5-9-25(23)21-28/h1-19,21,31H,20H2,(H,34,36)(H,35,37). The Labute approximate surface area is 231 Å². The Morgan fingerprint density at radius 3 is 2.08 bits per heavy atom. The Morgan fingerprint density at radius 2 is 1.34 bits per heavy atom. The van der Waals surface area contributed by atoms with Crippen LogP contribution >= 0.6 is 23.4 Å². The Balaban J connectivity index is 1.28. The quantitative estimate of drug-likeness (QED) is 0.197. The van der Waals surface area contributed by atoms with Gasteiger partial charge in [-0.25, -0.2) is 0 Å². The van der Waals surface area contributed by atoms with Crippen LogP contribution < -0.4 is 10.6 Å². The molecule has 5 aromatic carbocycles. The van der Waals surface area contributed by atoms with Crippen LogP contribution in [0.1, 0.15) is 16.4 Å². The molecule has 5 aromatic rings. The molecule has 2 N–H and O–H groups in total. The molecular formula is C32H25ClN2O2S. The molecule has 0 aliphatic heterocycles. The van der Waals surface area contributed by atoms with E-state index in [1.54, 1.807) is 12.1 Å². The van der Waals surface area contributed by atoms with E-state index >= 15 is 0 Å². The fraction of sp³-hybridized carbons (Fsp3) is 0.0625. The van der Waals surface area contributed by atoms with Crippen LogP contribution in [0.5, 0.6) is 0 Å². The maximum atomic E-state index is 13.5. The minimum Gasteiger partial charge on any atom is -0.326 e. The molecule has 1 unspecified atom stereocenters. The third kappa shape index (κ3) is 6.62. The Morgan fingerprint density at radius 1 is 0.684 bits per heavy atom. The van der Waals surface area contributed by atoms with Crippen molar-refractivity contribution in [2.75, 3.05) is 10.6 Å². The van der Waals surface area contributed by atoms with Crippen molar-refractivity contribution in [1.29, 1.82) is 0 Å². The molecule has 0 aliphatic rings. The predicted molar refractivity (Wildman–Crippen MR) is 158 cm³/mol. The highest BCUT2D eigenvalue weighted by Gasteiger charge is 2.22. The molecule has 188 valence electrons. The van der Waals surface area contributed by atoms with Gasteiger partial charge in [0.05, 0.1) is 6.42 Å². The average Bonchev–Trinajstić information content (AvgIpc) is 2.94. The van der Waals surface area contributed by atoms with Crippen LogP contribution in [0.15, 0.2) is 126 Å². The fourth-order valence-corrected chi connectivity index (χ4v) is 5.27. The highest BCUT2D eigenvalue weighted by molar-refractivity contribution is 8.00. The summed E-state index contributed by atoms with van der Waals surface area (Å²) >= 11 is 7.39. The lowest BCUT2D eigenvalue weighted by atomic mass is 10.1. The number of anilines is 2. The van der Waals surface area contributed by atoms with Crippen molar-refractivity contribution in [2.24, 2.45) is 0 Å². The number of nitrogens with one attached hydrogen (secondary N) is 2. The number of thioether (sulfide) groups is 1. The van der Waals surface area contributed by atoms with E-state index in [-0.39, 0.29) is 18.2 Å². The summed E-state index contributed by atoms with van der Waals surface area (Å²) < 4.78 is 0. The molecule has 0 radical (unpaired) electrons. The zero-order valence-electron chi connectivity index (χ0n) is 20.4. The Bertz CT molecular complexity index is 1550. The number of rotatable bonds is 8. The van der Waals surface area contributed by atoms with Crippen LogP contribution in [0.25, 0.3) is 10.8 Å². The summed E-state index contributed by atoms with van der Waals surface area (Å²) in [5.41, 5.74) is 3.26. The molecule has 5 rings (SSSR count). The van der Waals surface area contributed by atoms with Gasteiger partial charge in [-0.05, 0) is 70.4 Å². The fourth-order valence-electron chi connectivity index (χ4n) is 4.12. The normalized spacial score (nSPS) is 11.6. The van der Waals surface area contributed by atoms with Crippen molar-refractivity contribution in [2.45, 2.75) is 16.6 Å². The second kappa shape index (κ2) is 12.0. The van der Waals surface area contributed by atoms with E-state index in [0.717, 1.165) is 32.5 Å². The van der Waals surface area contributed by atoms with E-state index in [1.165, 1.54) is 11.8 Å². The summed E-state index contributed by atoms with van der Waals surface area (Å²) in [5, 5.41) is 8.41. The van der Waals surface area contributed by atoms with Crippen LogP contribution in [0.3, 0.4) is 0 Å². The molecule has 4 nitrogen and oxygen atoms in total. The first-order valence-electron chi connectivity index (χ1n) is 12.2. The Kier molecular flexibility index (Phi) is 8.07. The minimum atomic E-state index is -0.451. The molecule has 0 fully saturated rings. The number of fused-ring (bicyclic) bond motifs is 1. The number of carbonyl (C=O) groups is 2. The summed E-state index contributed by atoms with van der Waals surface area (Å²) in [6, 6.07) is 38.5. The van der Waals surface area contributed by atoms with Crippen molar-refractivity contribution < 1.29 is 9.59 Å². The summed E-state index contributed by atoms with van der Waals surface area (Å²) in [5.74, 6) is -0.207. The predicted octanol–water partition coefficient (Wildman–Crippen LogP) is 8.15. The van der Waals surface area contributed by atoms with Crippen molar-refractivity contribution in [3.05, 3.63) is 137 Å². The van der Waals surface area contributed by atoms with Crippen LogP contribution in [0.2, 0.25) is 5.02 Å². The third-order valence-corrected chi connectivity index (χ3v) is 7.55. The highest BCUT2D eigenvalue weighted by atomic mass is 35.5. The molecular weight excluding hydrogens is 512 g/mol. The molecule has 1 atom stereocenters. The van der Waals surface area contributed by atoms with Gasteiger partial charge < -0.3 is 10.6 Å². The Hall–Kier alpha value is -4.06. The van der Waals surface area contributed by atoms with Gasteiger partial charge in [-0.3, -0.25) is 9.59 Å². The SMILES string of the molecule is O=C(Cc1ccc(Cl)cc1)Nc1ccc(SC(C(=O)Nc2ccc3ccccc3c2)c2ccccc2)cc1. The van der Waals surface area contributed by atoms with Gasteiger partial charge in [-0.2, -0.15) is 0 Å². The minimum absolute atomic E-state index is 0.100. The van der Waals surface area contributed by atoms with Crippen molar-refractivity contribution in [1.82, 2.24) is 0 Å². The largest absolute Gasteiger partial charge is 0.326 e. The first-order chi connectivity index (χ1) is 18.5. The van der Waals surface area contributed by atoms with E-state index in [0.29, 0.717) is 10.7 Å². The third-order valence-electron chi connectivity index (χ3n) is 6.03. The number of benzene rings is 5. The van der Waals surface area contributed by atoms with Gasteiger partial charge in [-0.1, -0.05) is 84.4 Å². The lowest BCUT2D eigenvalue weighted by Gasteiger charge is -2.18. The van der Waals surface area contributed by atoms with Crippen molar-refractivity contribution >= 4 is 57.3 Å². The number of amides is 2. The number of hydrogen-bond acceptors (Lipinski definition) is 3. The number of hydrogen-bond donors (Lipinski definition) is 2. The zero-order chi connectivity index (χ0) is 26.3. The molecule has 0 aromatic heterocycles. The molecule has 0 bridgehead atoms. The first-order valence-corrected chi connectivity index (χ1v) is 13.4. The lowest BCUT2D eigenvalue weighted by molar-refractivity contribution is -0.116. The van der Waals surface area contributed by atoms with Gasteiger partial charge in [0.1, 0.15) is 5.25 Å². The summed E-state index contributed by atoms with van der Waals surface area (Å²) in [7, 11) is 0. The van der Waals surface area contributed by atoms with Crippen LogP contribution in [0, 0.1) is 0 Å². The van der Waals surface area contributed by atoms with E-state index < -0.39 is 5.25 Å². The molecule has 0 aliphatic carbocycles. The van der Waals surface area contributed by atoms with Gasteiger partial charge in [0.25, 0.3) is 0 Å². The van der Waals surface area contributed by atoms with Gasteiger partial charge in [0.15, 0.2) is 0 Å². The summed E-state index contributed by atoms with van der Waals surface area (Å²) in [6.07, 6.45) is 0.263. The molecule has 38 heavy (non-hydrogen) atoms. The second-order valence-corrected chi connectivity index (χ2v) is 10.5. The second-order valence-electron chi connectivity index (χ2n) is 8.84. The summed E-state index contributed by atoms with van der Waals surface area (Å²) in [6.45, 7) is 0. The van der Waals surface area contributed by atoms with E-state index in [4.69, 9.17) is 11.6 Å². The molecule has 0 spiro atoms. The van der Waals surface area contributed by atoms with Gasteiger partial charge in [-0.15, -0.1) is 11.8 Å². The van der Waals surface area contributed by atoms with E-state index in [2.05, 4.69) is 10.6 Å². The lowest BCUT2D eigenvalue weighted by Crippen LogP contribution is -2.19.